The second-order valence-electron chi connectivity index (χ2n) is 7.56. The molecule has 0 radical (unpaired) electrons. The highest BCUT2D eigenvalue weighted by molar-refractivity contribution is 7.90. The van der Waals surface area contributed by atoms with Crippen molar-refractivity contribution in [3.8, 4) is 6.07 Å². The number of rotatable bonds is 4. The summed E-state index contributed by atoms with van der Waals surface area (Å²) in [7, 11) is -3.41. The molecule has 0 aromatic heterocycles. The molecule has 1 aliphatic heterocycles. The van der Waals surface area contributed by atoms with Crippen LogP contribution in [0.3, 0.4) is 0 Å². The Balaban J connectivity index is 1.67. The van der Waals surface area contributed by atoms with Gasteiger partial charge in [0.1, 0.15) is 5.41 Å². The third-order valence-corrected chi connectivity index (χ3v) is 7.80. The standard InChI is InChI=1S/C17H27N3O3S/c18-13-17(9-3-4-10-17)16(21)20-11-5-8-15(12-20)24(22,23)19-14-6-1-2-7-14/h14-15,19H,1-12H2/t15-/m0/s1. The SMILES string of the molecule is N#CC1(C(=O)N2CCC[C@H](S(=O)(=O)NC3CCCC3)C2)CCCC1. The van der Waals surface area contributed by atoms with E-state index in [1.54, 1.807) is 4.90 Å². The minimum Gasteiger partial charge on any atom is -0.340 e. The highest BCUT2D eigenvalue weighted by Gasteiger charge is 2.46. The Kier molecular flexibility index (Phi) is 5.16. The molecule has 0 unspecified atom stereocenters. The van der Waals surface area contributed by atoms with Gasteiger partial charge in [0.15, 0.2) is 0 Å². The van der Waals surface area contributed by atoms with Gasteiger partial charge in [0, 0.05) is 19.1 Å². The quantitative estimate of drug-likeness (QED) is 0.836. The number of sulfonamides is 1. The number of piperidine rings is 1. The van der Waals surface area contributed by atoms with Crippen LogP contribution in [-0.2, 0) is 14.8 Å². The Morgan fingerprint density at radius 2 is 1.75 bits per heavy atom. The summed E-state index contributed by atoms with van der Waals surface area (Å²) >= 11 is 0. The van der Waals surface area contributed by atoms with Crippen molar-refractivity contribution < 1.29 is 13.2 Å². The molecule has 1 heterocycles. The van der Waals surface area contributed by atoms with Gasteiger partial charge >= 0.3 is 0 Å². The molecule has 1 N–H and O–H groups in total. The molecule has 134 valence electrons. The van der Waals surface area contributed by atoms with Crippen LogP contribution in [0.1, 0.15) is 64.2 Å². The van der Waals surface area contributed by atoms with Crippen LogP contribution in [0.25, 0.3) is 0 Å². The summed E-state index contributed by atoms with van der Waals surface area (Å²) in [4.78, 5) is 14.5. The molecule has 2 aliphatic carbocycles. The fraction of sp³-hybridized carbons (Fsp3) is 0.882. The molecule has 1 saturated heterocycles. The average Bonchev–Trinajstić information content (AvgIpc) is 3.26. The number of hydrogen-bond acceptors (Lipinski definition) is 4. The summed E-state index contributed by atoms with van der Waals surface area (Å²) in [5.41, 5.74) is -0.912. The van der Waals surface area contributed by atoms with E-state index in [4.69, 9.17) is 0 Å². The fourth-order valence-corrected chi connectivity index (χ4v) is 6.15. The normalized spacial score (nSPS) is 28.0. The fourth-order valence-electron chi connectivity index (χ4n) is 4.40. The van der Waals surface area contributed by atoms with Gasteiger partial charge in [-0.25, -0.2) is 13.1 Å². The lowest BCUT2D eigenvalue weighted by molar-refractivity contribution is -0.139. The lowest BCUT2D eigenvalue weighted by Crippen LogP contribution is -2.52. The molecule has 6 nitrogen and oxygen atoms in total. The van der Waals surface area contributed by atoms with Gasteiger partial charge in [-0.05, 0) is 38.5 Å². The second-order valence-corrected chi connectivity index (χ2v) is 9.55. The van der Waals surface area contributed by atoms with E-state index in [2.05, 4.69) is 10.8 Å². The van der Waals surface area contributed by atoms with Crippen molar-refractivity contribution in [1.82, 2.24) is 9.62 Å². The van der Waals surface area contributed by atoms with Gasteiger partial charge in [-0.15, -0.1) is 0 Å². The first-order valence-corrected chi connectivity index (χ1v) is 10.7. The molecule has 1 amide bonds. The van der Waals surface area contributed by atoms with Crippen LogP contribution in [0.15, 0.2) is 0 Å². The maximum atomic E-state index is 12.9. The number of nitrogens with zero attached hydrogens (tertiary/aromatic N) is 2. The first-order valence-electron chi connectivity index (χ1n) is 9.19. The number of nitriles is 1. The van der Waals surface area contributed by atoms with E-state index in [9.17, 15) is 18.5 Å². The number of hydrogen-bond donors (Lipinski definition) is 1. The number of amides is 1. The molecule has 3 fully saturated rings. The van der Waals surface area contributed by atoms with Crippen molar-refractivity contribution in [3.05, 3.63) is 0 Å². The molecule has 7 heteroatoms. The zero-order valence-corrected chi connectivity index (χ0v) is 15.0. The second kappa shape index (κ2) is 7.01. The molecule has 1 atom stereocenters. The van der Waals surface area contributed by atoms with Gasteiger partial charge in [0.2, 0.25) is 15.9 Å². The molecular formula is C17H27N3O3S. The molecule has 0 aromatic rings. The van der Waals surface area contributed by atoms with Crippen molar-refractivity contribution in [2.24, 2.45) is 5.41 Å². The zero-order valence-electron chi connectivity index (χ0n) is 14.2. The number of carbonyl (C=O) groups excluding carboxylic acids is 1. The first kappa shape index (κ1) is 17.7. The number of nitrogens with one attached hydrogen (secondary N) is 1. The Morgan fingerprint density at radius 3 is 2.38 bits per heavy atom. The number of carbonyl (C=O) groups is 1. The summed E-state index contributed by atoms with van der Waals surface area (Å²) in [6.07, 6.45) is 8.26. The largest absolute Gasteiger partial charge is 0.340 e. The highest BCUT2D eigenvalue weighted by atomic mass is 32.2. The van der Waals surface area contributed by atoms with E-state index in [1.807, 2.05) is 0 Å². The minimum absolute atomic E-state index is 0.0568. The topological polar surface area (TPSA) is 90.3 Å². The zero-order chi connectivity index (χ0) is 17.2. The monoisotopic (exact) mass is 353 g/mol. The lowest BCUT2D eigenvalue weighted by atomic mass is 9.86. The van der Waals surface area contributed by atoms with Gasteiger partial charge in [-0.1, -0.05) is 25.7 Å². The van der Waals surface area contributed by atoms with E-state index < -0.39 is 20.7 Å². The van der Waals surface area contributed by atoms with E-state index >= 15 is 0 Å². The smallest absolute Gasteiger partial charge is 0.243 e. The number of likely N-dealkylation sites (tertiary alicyclic amines) is 1. The summed E-state index contributed by atoms with van der Waals surface area (Å²) in [5.74, 6) is -0.150. The Morgan fingerprint density at radius 1 is 1.08 bits per heavy atom. The molecule has 3 aliphatic rings. The summed E-state index contributed by atoms with van der Waals surface area (Å²) in [5, 5.41) is 8.96. The van der Waals surface area contributed by atoms with Gasteiger partial charge < -0.3 is 4.90 Å². The molecular weight excluding hydrogens is 326 g/mol. The maximum Gasteiger partial charge on any atom is 0.243 e. The average molecular weight is 353 g/mol. The van der Waals surface area contributed by atoms with Crippen LogP contribution < -0.4 is 4.72 Å². The van der Waals surface area contributed by atoms with Crippen LogP contribution in [0, 0.1) is 16.7 Å². The van der Waals surface area contributed by atoms with Crippen LogP contribution >= 0.6 is 0 Å². The Bertz CT molecular complexity index is 613. The molecule has 24 heavy (non-hydrogen) atoms. The van der Waals surface area contributed by atoms with E-state index in [0.717, 1.165) is 38.5 Å². The Hall–Kier alpha value is -1.13. The first-order chi connectivity index (χ1) is 11.5. The van der Waals surface area contributed by atoms with Gasteiger partial charge in [-0.2, -0.15) is 5.26 Å². The molecule has 0 aromatic carbocycles. The van der Waals surface area contributed by atoms with Crippen LogP contribution in [0.2, 0.25) is 0 Å². The van der Waals surface area contributed by atoms with E-state index in [-0.39, 0.29) is 18.5 Å². The minimum atomic E-state index is -3.41. The summed E-state index contributed by atoms with van der Waals surface area (Å²) < 4.78 is 28.2. The van der Waals surface area contributed by atoms with Crippen molar-refractivity contribution >= 4 is 15.9 Å². The van der Waals surface area contributed by atoms with Crippen LogP contribution in [-0.4, -0.2) is 43.6 Å². The predicted molar refractivity (Wildman–Crippen MR) is 90.4 cm³/mol. The van der Waals surface area contributed by atoms with Gasteiger partial charge in [-0.3, -0.25) is 4.79 Å². The van der Waals surface area contributed by atoms with Crippen LogP contribution in [0.5, 0.6) is 0 Å². The third kappa shape index (κ3) is 3.45. The van der Waals surface area contributed by atoms with Crippen molar-refractivity contribution in [3.63, 3.8) is 0 Å². The summed E-state index contributed by atoms with van der Waals surface area (Å²) in [6.45, 7) is 0.794. The predicted octanol–water partition coefficient (Wildman–Crippen LogP) is 1.92. The third-order valence-electron chi connectivity index (χ3n) is 5.87. The molecule has 0 spiro atoms. The lowest BCUT2D eigenvalue weighted by Gasteiger charge is -2.36. The van der Waals surface area contributed by atoms with Crippen molar-refractivity contribution in [2.45, 2.75) is 75.5 Å². The van der Waals surface area contributed by atoms with E-state index in [0.29, 0.717) is 32.2 Å². The highest BCUT2D eigenvalue weighted by Crippen LogP contribution is 2.39. The van der Waals surface area contributed by atoms with Crippen molar-refractivity contribution in [2.75, 3.05) is 13.1 Å². The van der Waals surface area contributed by atoms with Gasteiger partial charge in [0.05, 0.1) is 11.3 Å². The maximum absolute atomic E-state index is 12.9. The summed E-state index contributed by atoms with van der Waals surface area (Å²) in [6, 6.07) is 2.29. The van der Waals surface area contributed by atoms with Crippen molar-refractivity contribution in [1.29, 1.82) is 5.26 Å². The molecule has 0 bridgehead atoms. The molecule has 3 rings (SSSR count). The van der Waals surface area contributed by atoms with Crippen LogP contribution in [0.4, 0.5) is 0 Å². The van der Waals surface area contributed by atoms with Gasteiger partial charge in [0.25, 0.3) is 0 Å². The van der Waals surface area contributed by atoms with E-state index in [1.165, 1.54) is 0 Å². The molecule has 2 saturated carbocycles. The Labute approximate surface area is 144 Å².